The molecule has 1 amide bonds. The number of carbonyl (C=O) groups is 3. The first-order valence-electron chi connectivity index (χ1n) is 6.76. The molecule has 3 rings (SSSR count). The van der Waals surface area contributed by atoms with E-state index in [0.29, 0.717) is 11.3 Å². The lowest BCUT2D eigenvalue weighted by Gasteiger charge is -2.49. The highest BCUT2D eigenvalue weighted by Crippen LogP contribution is 2.39. The maximum absolute atomic E-state index is 11.8. The molecular formula is C14H13N3O5S. The molecule has 3 heterocycles. The van der Waals surface area contributed by atoms with Gasteiger partial charge in [0, 0.05) is 23.5 Å². The van der Waals surface area contributed by atoms with Crippen molar-refractivity contribution in [3.8, 4) is 0 Å². The highest BCUT2D eigenvalue weighted by Gasteiger charge is 2.50. The number of nitrogens with zero attached hydrogens (tertiary/aromatic N) is 2. The van der Waals surface area contributed by atoms with E-state index in [1.165, 1.54) is 28.8 Å². The lowest BCUT2D eigenvalue weighted by molar-refractivity contribution is -0.689. The van der Waals surface area contributed by atoms with Gasteiger partial charge in [-0.2, -0.15) is 0 Å². The fourth-order valence-electron chi connectivity index (χ4n) is 2.62. The zero-order valence-corrected chi connectivity index (χ0v) is 12.7. The summed E-state index contributed by atoms with van der Waals surface area (Å²) < 4.78 is 1.65. The molecule has 2 aliphatic rings. The van der Waals surface area contributed by atoms with Gasteiger partial charge in [0.25, 0.3) is 0 Å². The van der Waals surface area contributed by atoms with Crippen molar-refractivity contribution in [2.24, 2.45) is 5.73 Å². The van der Waals surface area contributed by atoms with Crippen LogP contribution in [0.4, 0.5) is 0 Å². The van der Waals surface area contributed by atoms with Crippen LogP contribution in [0.3, 0.4) is 0 Å². The second-order valence-corrected chi connectivity index (χ2v) is 6.34. The summed E-state index contributed by atoms with van der Waals surface area (Å²) >= 11 is 1.41. The van der Waals surface area contributed by atoms with Crippen molar-refractivity contribution < 1.29 is 29.2 Å². The Kier molecular flexibility index (Phi) is 3.82. The fourth-order valence-corrected chi connectivity index (χ4v) is 3.90. The molecule has 0 saturated carbocycles. The van der Waals surface area contributed by atoms with Gasteiger partial charge in [-0.1, -0.05) is 0 Å². The van der Waals surface area contributed by atoms with Crippen LogP contribution in [0.1, 0.15) is 10.4 Å². The van der Waals surface area contributed by atoms with E-state index in [0.717, 1.165) is 0 Å². The van der Waals surface area contributed by atoms with E-state index < -0.39 is 23.9 Å². The molecule has 2 aliphatic heterocycles. The standard InChI is InChI=1S/C14H13N3O5S/c15-9-11(18)17-10(14(21)22)8(6-23-12(9)17)5-16-3-1-7(2-4-16)13(19)20/h1-4,9,12H,5-6,15H2,(H-,19,20,21,22). The van der Waals surface area contributed by atoms with Crippen LogP contribution >= 0.6 is 11.8 Å². The number of thioether (sulfide) groups is 1. The van der Waals surface area contributed by atoms with Crippen LogP contribution in [-0.4, -0.2) is 45.0 Å². The number of carboxylic acids is 2. The molecule has 0 aliphatic carbocycles. The van der Waals surface area contributed by atoms with E-state index in [-0.39, 0.29) is 23.2 Å². The first kappa shape index (κ1) is 15.5. The van der Waals surface area contributed by atoms with E-state index in [4.69, 9.17) is 10.8 Å². The van der Waals surface area contributed by atoms with Crippen molar-refractivity contribution in [3.05, 3.63) is 41.4 Å². The zero-order chi connectivity index (χ0) is 16.7. The second-order valence-electron chi connectivity index (χ2n) is 5.24. The Hall–Kier alpha value is -2.39. The number of carbonyl (C=O) groups excluding carboxylic acids is 2. The SMILES string of the molecule is NC1C(=O)N2C(C(=O)[O-])=C(C[n+]3ccc(C(=O)O)cc3)CSC12. The predicted molar refractivity (Wildman–Crippen MR) is 76.7 cm³/mol. The van der Waals surface area contributed by atoms with E-state index in [1.54, 1.807) is 17.0 Å². The Bertz CT molecular complexity index is 730. The van der Waals surface area contributed by atoms with Crippen LogP contribution < -0.4 is 15.4 Å². The summed E-state index contributed by atoms with van der Waals surface area (Å²) in [5, 5.41) is 20.0. The van der Waals surface area contributed by atoms with Crippen LogP contribution in [0, 0.1) is 0 Å². The summed E-state index contributed by atoms with van der Waals surface area (Å²) in [5.41, 5.74) is 6.21. The number of amides is 1. The minimum atomic E-state index is -1.41. The number of aliphatic carboxylic acids is 1. The third-order valence-electron chi connectivity index (χ3n) is 3.79. The van der Waals surface area contributed by atoms with Gasteiger partial charge in [-0.3, -0.25) is 9.69 Å². The van der Waals surface area contributed by atoms with Gasteiger partial charge in [-0.15, -0.1) is 11.8 Å². The lowest BCUT2D eigenvalue weighted by atomic mass is 10.0. The maximum Gasteiger partial charge on any atom is 0.336 e. The van der Waals surface area contributed by atoms with Crippen molar-refractivity contribution >= 4 is 29.6 Å². The second kappa shape index (κ2) is 5.67. The molecule has 23 heavy (non-hydrogen) atoms. The molecule has 0 spiro atoms. The van der Waals surface area contributed by atoms with E-state index in [1.807, 2.05) is 0 Å². The number of hydrogen-bond donors (Lipinski definition) is 2. The highest BCUT2D eigenvalue weighted by molar-refractivity contribution is 8.00. The van der Waals surface area contributed by atoms with Gasteiger partial charge in [0.1, 0.15) is 11.4 Å². The Morgan fingerprint density at radius 2 is 2.09 bits per heavy atom. The average molecular weight is 335 g/mol. The minimum absolute atomic E-state index is 0.129. The maximum atomic E-state index is 11.8. The van der Waals surface area contributed by atoms with Crippen molar-refractivity contribution in [1.82, 2.24) is 4.90 Å². The largest absolute Gasteiger partial charge is 0.543 e. The smallest absolute Gasteiger partial charge is 0.336 e. The van der Waals surface area contributed by atoms with E-state index in [2.05, 4.69) is 0 Å². The van der Waals surface area contributed by atoms with Crippen LogP contribution in [0.15, 0.2) is 35.8 Å². The zero-order valence-electron chi connectivity index (χ0n) is 11.8. The van der Waals surface area contributed by atoms with Crippen molar-refractivity contribution in [2.75, 3.05) is 5.75 Å². The van der Waals surface area contributed by atoms with Crippen LogP contribution in [0.2, 0.25) is 0 Å². The van der Waals surface area contributed by atoms with E-state index >= 15 is 0 Å². The van der Waals surface area contributed by atoms with Gasteiger partial charge < -0.3 is 20.7 Å². The lowest BCUT2D eigenvalue weighted by Crippen LogP contribution is -2.69. The molecule has 2 atom stereocenters. The first-order valence-corrected chi connectivity index (χ1v) is 7.81. The average Bonchev–Trinajstić information content (AvgIpc) is 2.53. The van der Waals surface area contributed by atoms with Crippen molar-refractivity contribution in [2.45, 2.75) is 18.0 Å². The van der Waals surface area contributed by atoms with Crippen molar-refractivity contribution in [3.63, 3.8) is 0 Å². The fraction of sp³-hybridized carbons (Fsp3) is 0.286. The van der Waals surface area contributed by atoms with Gasteiger partial charge in [0.05, 0.1) is 17.2 Å². The molecule has 0 aromatic carbocycles. The predicted octanol–water partition coefficient (Wildman–Crippen LogP) is -2.08. The molecule has 1 aromatic heterocycles. The number of fused-ring (bicyclic) bond motifs is 1. The minimum Gasteiger partial charge on any atom is -0.543 e. The molecular weight excluding hydrogens is 322 g/mol. The number of pyridine rings is 1. The number of aromatic nitrogens is 1. The molecule has 1 aromatic rings. The molecule has 0 bridgehead atoms. The molecule has 0 radical (unpaired) electrons. The molecule has 2 unspecified atom stereocenters. The normalized spacial score (nSPS) is 23.3. The first-order chi connectivity index (χ1) is 10.9. The molecule has 1 saturated heterocycles. The van der Waals surface area contributed by atoms with Crippen molar-refractivity contribution in [1.29, 1.82) is 0 Å². The third kappa shape index (κ3) is 2.57. The van der Waals surface area contributed by atoms with Crippen LogP contribution in [0.25, 0.3) is 0 Å². The summed E-state index contributed by atoms with van der Waals surface area (Å²) in [7, 11) is 0. The number of aromatic carboxylic acids is 1. The monoisotopic (exact) mass is 335 g/mol. The Labute approximate surface area is 135 Å². The van der Waals surface area contributed by atoms with Gasteiger partial charge in [-0.05, 0) is 0 Å². The number of β-lactam (4-membered cyclic amide) rings is 1. The molecule has 1 fully saturated rings. The number of nitrogens with two attached hydrogens (primary N) is 1. The number of hydrogen-bond acceptors (Lipinski definition) is 6. The van der Waals surface area contributed by atoms with E-state index in [9.17, 15) is 19.5 Å². The molecule has 3 N–H and O–H groups in total. The highest BCUT2D eigenvalue weighted by atomic mass is 32.2. The van der Waals surface area contributed by atoms with Gasteiger partial charge in [-0.25, -0.2) is 9.36 Å². The Morgan fingerprint density at radius 1 is 1.43 bits per heavy atom. The van der Waals surface area contributed by atoms with Gasteiger partial charge in [0.15, 0.2) is 18.9 Å². The summed E-state index contributed by atoms with van der Waals surface area (Å²) in [5.74, 6) is -2.46. The molecule has 9 heteroatoms. The number of carboxylic acid groups (broad SMARTS) is 2. The summed E-state index contributed by atoms with van der Waals surface area (Å²) in [6.07, 6.45) is 3.09. The van der Waals surface area contributed by atoms with Gasteiger partial charge >= 0.3 is 5.97 Å². The Balaban J connectivity index is 1.89. The van der Waals surface area contributed by atoms with Crippen LogP contribution in [0.5, 0.6) is 0 Å². The van der Waals surface area contributed by atoms with Gasteiger partial charge in [0.2, 0.25) is 5.91 Å². The number of rotatable bonds is 4. The third-order valence-corrected chi connectivity index (χ3v) is 5.15. The summed E-state index contributed by atoms with van der Waals surface area (Å²) in [6.45, 7) is 0.224. The topological polar surface area (TPSA) is 128 Å². The quantitative estimate of drug-likeness (QED) is 0.477. The Morgan fingerprint density at radius 3 is 2.65 bits per heavy atom. The molecule has 120 valence electrons. The summed E-state index contributed by atoms with van der Waals surface area (Å²) in [6, 6.07) is 2.16. The van der Waals surface area contributed by atoms with Crippen LogP contribution in [-0.2, 0) is 16.1 Å². The summed E-state index contributed by atoms with van der Waals surface area (Å²) in [4.78, 5) is 35.3. The molecule has 8 nitrogen and oxygen atoms in total.